The van der Waals surface area contributed by atoms with Crippen LogP contribution in [0.5, 0.6) is 0 Å². The smallest absolute Gasteiger partial charge is 0.324 e. The van der Waals surface area contributed by atoms with Crippen LogP contribution in [0.25, 0.3) is 0 Å². The highest BCUT2D eigenvalue weighted by atomic mass is 35.5. The van der Waals surface area contributed by atoms with Gasteiger partial charge in [0.1, 0.15) is 0 Å². The third-order valence-electron chi connectivity index (χ3n) is 3.60. The molecule has 0 unspecified atom stereocenters. The standard InChI is InChI=1S/C17H15ClF3N3O3/c1-23(9-11-8-12(24(26)27)6-7-14(11)18)10-16(25)22-15-5-3-2-4-13(15)17(19,20)21/h2-8H,9-10H2,1H3,(H,22,25). The minimum atomic E-state index is -4.59. The number of carbonyl (C=O) groups excluding carboxylic acids is 1. The number of rotatable bonds is 6. The van der Waals surface area contributed by atoms with Crippen LogP contribution in [0, 0.1) is 10.1 Å². The Balaban J connectivity index is 2.05. The van der Waals surface area contributed by atoms with Crippen molar-refractivity contribution in [2.45, 2.75) is 12.7 Å². The predicted molar refractivity (Wildman–Crippen MR) is 94.5 cm³/mol. The molecule has 2 aromatic carbocycles. The molecule has 0 spiro atoms. The number of nitro groups is 1. The average Bonchev–Trinajstić information content (AvgIpc) is 2.56. The van der Waals surface area contributed by atoms with Crippen molar-refractivity contribution in [1.82, 2.24) is 4.90 Å². The molecule has 27 heavy (non-hydrogen) atoms. The van der Waals surface area contributed by atoms with Crippen molar-refractivity contribution in [3.05, 3.63) is 68.7 Å². The number of hydrogen-bond acceptors (Lipinski definition) is 4. The van der Waals surface area contributed by atoms with Crippen molar-refractivity contribution in [1.29, 1.82) is 0 Å². The van der Waals surface area contributed by atoms with E-state index in [4.69, 9.17) is 11.6 Å². The van der Waals surface area contributed by atoms with Crippen molar-refractivity contribution in [3.8, 4) is 0 Å². The number of nitrogens with one attached hydrogen (secondary N) is 1. The lowest BCUT2D eigenvalue weighted by atomic mass is 10.1. The number of non-ortho nitro benzene ring substituents is 1. The fourth-order valence-corrected chi connectivity index (χ4v) is 2.59. The lowest BCUT2D eigenvalue weighted by Gasteiger charge is -2.18. The topological polar surface area (TPSA) is 75.5 Å². The van der Waals surface area contributed by atoms with Crippen LogP contribution in [0.4, 0.5) is 24.5 Å². The summed E-state index contributed by atoms with van der Waals surface area (Å²) in [4.78, 5) is 23.8. The number of carbonyl (C=O) groups is 1. The van der Waals surface area contributed by atoms with Gasteiger partial charge >= 0.3 is 6.18 Å². The third-order valence-corrected chi connectivity index (χ3v) is 3.97. The summed E-state index contributed by atoms with van der Waals surface area (Å²) in [5.41, 5.74) is -0.997. The predicted octanol–water partition coefficient (Wildman–Crippen LogP) is 4.34. The largest absolute Gasteiger partial charge is 0.418 e. The van der Waals surface area contributed by atoms with Crippen molar-refractivity contribution in [3.63, 3.8) is 0 Å². The number of benzene rings is 2. The number of amides is 1. The van der Waals surface area contributed by atoms with Gasteiger partial charge in [0.15, 0.2) is 0 Å². The number of para-hydroxylation sites is 1. The van der Waals surface area contributed by atoms with Crippen molar-refractivity contribution in [2.24, 2.45) is 0 Å². The molecule has 10 heteroatoms. The molecule has 6 nitrogen and oxygen atoms in total. The van der Waals surface area contributed by atoms with Gasteiger partial charge in [0.05, 0.1) is 22.7 Å². The highest BCUT2D eigenvalue weighted by molar-refractivity contribution is 6.31. The molecule has 0 saturated heterocycles. The van der Waals surface area contributed by atoms with Crippen LogP contribution in [-0.2, 0) is 17.5 Å². The lowest BCUT2D eigenvalue weighted by Crippen LogP contribution is -2.30. The Hall–Kier alpha value is -2.65. The van der Waals surface area contributed by atoms with Crippen LogP contribution < -0.4 is 5.32 Å². The second-order valence-corrected chi connectivity index (χ2v) is 6.20. The molecule has 0 bridgehead atoms. The number of nitro benzene ring substituents is 1. The summed E-state index contributed by atoms with van der Waals surface area (Å²) in [5.74, 6) is -0.657. The summed E-state index contributed by atoms with van der Waals surface area (Å²) in [7, 11) is 1.55. The highest BCUT2D eigenvalue weighted by Crippen LogP contribution is 2.34. The molecule has 144 valence electrons. The summed E-state index contributed by atoms with van der Waals surface area (Å²) < 4.78 is 38.9. The van der Waals surface area contributed by atoms with Gasteiger partial charge in [0.25, 0.3) is 5.69 Å². The van der Waals surface area contributed by atoms with Crippen LogP contribution in [0.15, 0.2) is 42.5 Å². The zero-order chi connectivity index (χ0) is 20.2. The second-order valence-electron chi connectivity index (χ2n) is 5.80. The number of alkyl halides is 3. The Bertz CT molecular complexity index is 859. The molecule has 0 saturated carbocycles. The van der Waals surface area contributed by atoms with Crippen LogP contribution in [0.2, 0.25) is 5.02 Å². The maximum Gasteiger partial charge on any atom is 0.418 e. The van der Waals surface area contributed by atoms with E-state index in [1.165, 1.54) is 35.2 Å². The van der Waals surface area contributed by atoms with Crippen LogP contribution >= 0.6 is 11.6 Å². The van der Waals surface area contributed by atoms with Gasteiger partial charge < -0.3 is 5.32 Å². The fourth-order valence-electron chi connectivity index (χ4n) is 2.42. The normalized spacial score (nSPS) is 11.5. The Morgan fingerprint density at radius 3 is 2.56 bits per heavy atom. The van der Waals surface area contributed by atoms with E-state index < -0.39 is 22.6 Å². The van der Waals surface area contributed by atoms with Gasteiger partial charge in [-0.3, -0.25) is 19.8 Å². The monoisotopic (exact) mass is 401 g/mol. The Labute approximate surface area is 157 Å². The van der Waals surface area contributed by atoms with Crippen molar-refractivity contribution < 1.29 is 22.9 Å². The van der Waals surface area contributed by atoms with Gasteiger partial charge in [0, 0.05) is 23.7 Å². The number of anilines is 1. The first-order chi connectivity index (χ1) is 12.6. The molecule has 2 aromatic rings. The molecule has 0 aromatic heterocycles. The van der Waals surface area contributed by atoms with Gasteiger partial charge in [-0.15, -0.1) is 0 Å². The highest BCUT2D eigenvalue weighted by Gasteiger charge is 2.33. The van der Waals surface area contributed by atoms with E-state index in [1.54, 1.807) is 7.05 Å². The van der Waals surface area contributed by atoms with Crippen molar-refractivity contribution in [2.75, 3.05) is 18.9 Å². The molecule has 0 aliphatic carbocycles. The fraction of sp³-hybridized carbons (Fsp3) is 0.235. The minimum absolute atomic E-state index is 0.106. The quantitative estimate of drug-likeness (QED) is 0.577. The molecule has 0 fully saturated rings. The van der Waals surface area contributed by atoms with E-state index in [-0.39, 0.29) is 29.5 Å². The molecule has 0 heterocycles. The minimum Gasteiger partial charge on any atom is -0.324 e. The first-order valence-corrected chi connectivity index (χ1v) is 8.03. The first-order valence-electron chi connectivity index (χ1n) is 7.65. The number of hydrogen-bond donors (Lipinski definition) is 1. The maximum atomic E-state index is 13.0. The summed E-state index contributed by atoms with van der Waals surface area (Å²) in [5, 5.41) is 13.4. The molecule has 2 rings (SSSR count). The SMILES string of the molecule is CN(CC(=O)Nc1ccccc1C(F)(F)F)Cc1cc([N+](=O)[O-])ccc1Cl. The van der Waals surface area contributed by atoms with E-state index in [0.29, 0.717) is 5.56 Å². The lowest BCUT2D eigenvalue weighted by molar-refractivity contribution is -0.384. The van der Waals surface area contributed by atoms with E-state index >= 15 is 0 Å². The Morgan fingerprint density at radius 1 is 1.26 bits per heavy atom. The summed E-state index contributed by atoms with van der Waals surface area (Å²) in [6, 6.07) is 8.58. The maximum absolute atomic E-state index is 13.0. The van der Waals surface area contributed by atoms with Gasteiger partial charge in [-0.1, -0.05) is 23.7 Å². The van der Waals surface area contributed by atoms with E-state index in [9.17, 15) is 28.1 Å². The second kappa shape index (κ2) is 8.36. The number of halogens is 4. The molecular formula is C17H15ClF3N3O3. The zero-order valence-electron chi connectivity index (χ0n) is 14.1. The molecule has 0 radical (unpaired) electrons. The van der Waals surface area contributed by atoms with Crippen LogP contribution in [-0.4, -0.2) is 29.3 Å². The average molecular weight is 402 g/mol. The molecular weight excluding hydrogens is 387 g/mol. The van der Waals surface area contributed by atoms with Gasteiger partial charge in [-0.05, 0) is 30.8 Å². The summed E-state index contributed by atoms with van der Waals surface area (Å²) >= 11 is 6.01. The third kappa shape index (κ3) is 5.66. The zero-order valence-corrected chi connectivity index (χ0v) is 14.8. The number of nitrogens with zero attached hydrogens (tertiary/aromatic N) is 2. The Morgan fingerprint density at radius 2 is 1.93 bits per heavy atom. The molecule has 0 aliphatic heterocycles. The van der Waals surface area contributed by atoms with Crippen molar-refractivity contribution >= 4 is 28.9 Å². The first kappa shape index (κ1) is 20.7. The van der Waals surface area contributed by atoms with Crippen LogP contribution in [0.3, 0.4) is 0 Å². The van der Waals surface area contributed by atoms with E-state index in [2.05, 4.69) is 5.32 Å². The van der Waals surface area contributed by atoms with Gasteiger partial charge in [0.2, 0.25) is 5.91 Å². The molecule has 1 N–H and O–H groups in total. The molecule has 0 aliphatic rings. The molecule has 0 atom stereocenters. The molecule has 1 amide bonds. The summed E-state index contributed by atoms with van der Waals surface area (Å²) in [6.07, 6.45) is -4.59. The summed E-state index contributed by atoms with van der Waals surface area (Å²) in [6.45, 7) is -0.125. The van der Waals surface area contributed by atoms with E-state index in [0.717, 1.165) is 12.1 Å². The Kier molecular flexibility index (Phi) is 6.40. The van der Waals surface area contributed by atoms with Gasteiger partial charge in [-0.25, -0.2) is 0 Å². The number of likely N-dealkylation sites (N-methyl/N-ethyl adjacent to an activating group) is 1. The van der Waals surface area contributed by atoms with E-state index in [1.807, 2.05) is 0 Å². The van der Waals surface area contributed by atoms with Crippen LogP contribution in [0.1, 0.15) is 11.1 Å². The van der Waals surface area contributed by atoms with Gasteiger partial charge in [-0.2, -0.15) is 13.2 Å².